The average Bonchev–Trinajstić information content (AvgIpc) is 2.82. The summed E-state index contributed by atoms with van der Waals surface area (Å²) in [5, 5.41) is 16.0. The molecule has 0 radical (unpaired) electrons. The standard InChI is InChI=1S/C13H24N4O2/c1-10(2)5-7-17-8-6-12(15-17)14-13(19)16(4)11(3)9-18/h6,8,10-11,18H,5,7,9H2,1-4H3,(H,14,15,19)/t11-/m0/s1. The Morgan fingerprint density at radius 3 is 2.79 bits per heavy atom. The van der Waals surface area contributed by atoms with E-state index in [0.29, 0.717) is 11.7 Å². The molecule has 0 aliphatic rings. The minimum absolute atomic E-state index is 0.0627. The summed E-state index contributed by atoms with van der Waals surface area (Å²) in [4.78, 5) is 13.3. The molecule has 0 saturated carbocycles. The van der Waals surface area contributed by atoms with E-state index < -0.39 is 0 Å². The van der Waals surface area contributed by atoms with Gasteiger partial charge in [0.25, 0.3) is 0 Å². The van der Waals surface area contributed by atoms with Crippen LogP contribution < -0.4 is 5.32 Å². The first-order chi connectivity index (χ1) is 8.93. The zero-order valence-electron chi connectivity index (χ0n) is 12.1. The Balaban J connectivity index is 2.51. The van der Waals surface area contributed by atoms with Crippen LogP contribution in [0.1, 0.15) is 27.2 Å². The number of likely N-dealkylation sites (N-methyl/N-ethyl adjacent to an activating group) is 1. The van der Waals surface area contributed by atoms with Crippen LogP contribution in [-0.2, 0) is 6.54 Å². The SMILES string of the molecule is CC(C)CCn1ccc(NC(=O)N(C)[C@@H](C)CO)n1. The summed E-state index contributed by atoms with van der Waals surface area (Å²) in [6.45, 7) is 6.89. The number of urea groups is 1. The Hall–Kier alpha value is -1.56. The number of hydrogen-bond donors (Lipinski definition) is 2. The van der Waals surface area contributed by atoms with Gasteiger partial charge < -0.3 is 10.0 Å². The molecule has 1 heterocycles. The Labute approximate surface area is 114 Å². The molecule has 1 aromatic heterocycles. The molecule has 108 valence electrons. The molecule has 1 atom stereocenters. The molecular formula is C13H24N4O2. The summed E-state index contributed by atoms with van der Waals surface area (Å²) < 4.78 is 1.82. The first kappa shape index (κ1) is 15.5. The van der Waals surface area contributed by atoms with Crippen LogP contribution in [0.5, 0.6) is 0 Å². The number of aromatic nitrogens is 2. The molecular weight excluding hydrogens is 244 g/mol. The molecule has 6 heteroatoms. The maximum atomic E-state index is 11.8. The van der Waals surface area contributed by atoms with Crippen molar-refractivity contribution in [2.24, 2.45) is 5.92 Å². The number of hydrogen-bond acceptors (Lipinski definition) is 3. The lowest BCUT2D eigenvalue weighted by Gasteiger charge is -2.22. The molecule has 1 rings (SSSR count). The molecule has 2 N–H and O–H groups in total. The highest BCUT2D eigenvalue weighted by molar-refractivity contribution is 5.88. The van der Waals surface area contributed by atoms with Gasteiger partial charge in [0.05, 0.1) is 12.6 Å². The first-order valence-corrected chi connectivity index (χ1v) is 6.62. The molecule has 0 unspecified atom stereocenters. The van der Waals surface area contributed by atoms with E-state index in [0.717, 1.165) is 13.0 Å². The van der Waals surface area contributed by atoms with Gasteiger partial charge in [0, 0.05) is 25.9 Å². The highest BCUT2D eigenvalue weighted by Crippen LogP contribution is 2.07. The Kier molecular flexibility index (Phi) is 5.82. The normalized spacial score (nSPS) is 12.5. The average molecular weight is 268 g/mol. The van der Waals surface area contributed by atoms with Crippen molar-refractivity contribution in [2.75, 3.05) is 19.0 Å². The minimum atomic E-state index is -0.268. The quantitative estimate of drug-likeness (QED) is 0.826. The molecule has 0 bridgehead atoms. The van der Waals surface area contributed by atoms with Gasteiger partial charge in [0.15, 0.2) is 5.82 Å². The molecule has 0 aliphatic carbocycles. The predicted molar refractivity (Wildman–Crippen MR) is 75.0 cm³/mol. The van der Waals surface area contributed by atoms with Gasteiger partial charge in [0.1, 0.15) is 0 Å². The van der Waals surface area contributed by atoms with Crippen molar-refractivity contribution in [3.63, 3.8) is 0 Å². The van der Waals surface area contributed by atoms with Gasteiger partial charge in [0.2, 0.25) is 0 Å². The monoisotopic (exact) mass is 268 g/mol. The van der Waals surface area contributed by atoms with Gasteiger partial charge in [-0.2, -0.15) is 5.10 Å². The lowest BCUT2D eigenvalue weighted by molar-refractivity contribution is 0.166. The summed E-state index contributed by atoms with van der Waals surface area (Å²) in [7, 11) is 1.64. The summed E-state index contributed by atoms with van der Waals surface area (Å²) in [5.41, 5.74) is 0. The fourth-order valence-electron chi connectivity index (χ4n) is 1.46. The van der Waals surface area contributed by atoms with Crippen LogP contribution in [0.3, 0.4) is 0 Å². The molecule has 0 aliphatic heterocycles. The van der Waals surface area contributed by atoms with Gasteiger partial charge in [-0.3, -0.25) is 10.00 Å². The molecule has 0 fully saturated rings. The van der Waals surface area contributed by atoms with E-state index in [-0.39, 0.29) is 18.7 Å². The molecule has 0 spiro atoms. The van der Waals surface area contributed by atoms with Crippen LogP contribution in [0.25, 0.3) is 0 Å². The van der Waals surface area contributed by atoms with Crippen molar-refractivity contribution >= 4 is 11.8 Å². The number of amides is 2. The number of carbonyl (C=O) groups excluding carboxylic acids is 1. The zero-order chi connectivity index (χ0) is 14.4. The van der Waals surface area contributed by atoms with Crippen LogP contribution in [0.4, 0.5) is 10.6 Å². The molecule has 0 aromatic carbocycles. The third-order valence-electron chi connectivity index (χ3n) is 3.06. The van der Waals surface area contributed by atoms with Crippen LogP contribution in [0, 0.1) is 5.92 Å². The van der Waals surface area contributed by atoms with Crippen molar-refractivity contribution in [3.05, 3.63) is 12.3 Å². The van der Waals surface area contributed by atoms with E-state index in [2.05, 4.69) is 24.3 Å². The van der Waals surface area contributed by atoms with Crippen molar-refractivity contribution in [2.45, 2.75) is 39.8 Å². The van der Waals surface area contributed by atoms with Gasteiger partial charge in [-0.05, 0) is 19.3 Å². The number of carbonyl (C=O) groups is 1. The molecule has 6 nitrogen and oxygen atoms in total. The third kappa shape index (κ3) is 4.90. The third-order valence-corrected chi connectivity index (χ3v) is 3.06. The number of nitrogens with zero attached hydrogens (tertiary/aromatic N) is 3. The fraction of sp³-hybridized carbons (Fsp3) is 0.692. The smallest absolute Gasteiger partial charge is 0.323 e. The number of anilines is 1. The van der Waals surface area contributed by atoms with E-state index in [1.54, 1.807) is 20.0 Å². The number of aliphatic hydroxyl groups is 1. The maximum Gasteiger partial charge on any atom is 0.323 e. The van der Waals surface area contributed by atoms with Crippen molar-refractivity contribution < 1.29 is 9.90 Å². The van der Waals surface area contributed by atoms with Gasteiger partial charge >= 0.3 is 6.03 Å². The summed E-state index contributed by atoms with van der Waals surface area (Å²) in [5.74, 6) is 1.16. The van der Waals surface area contributed by atoms with E-state index in [9.17, 15) is 4.79 Å². The summed E-state index contributed by atoms with van der Waals surface area (Å²) in [6.07, 6.45) is 2.91. The molecule has 0 saturated heterocycles. The van der Waals surface area contributed by atoms with Crippen molar-refractivity contribution in [3.8, 4) is 0 Å². The Bertz CT molecular complexity index is 403. The number of aryl methyl sites for hydroxylation is 1. The van der Waals surface area contributed by atoms with Crippen molar-refractivity contribution in [1.29, 1.82) is 0 Å². The minimum Gasteiger partial charge on any atom is -0.394 e. The van der Waals surface area contributed by atoms with Gasteiger partial charge in [-0.25, -0.2) is 4.79 Å². The highest BCUT2D eigenvalue weighted by atomic mass is 16.3. The maximum absolute atomic E-state index is 11.8. The first-order valence-electron chi connectivity index (χ1n) is 6.62. The number of rotatable bonds is 6. The van der Waals surface area contributed by atoms with E-state index in [4.69, 9.17) is 5.11 Å². The van der Waals surface area contributed by atoms with Crippen molar-refractivity contribution in [1.82, 2.24) is 14.7 Å². The molecule has 2 amide bonds. The van der Waals surface area contributed by atoms with E-state index in [1.807, 2.05) is 10.9 Å². The number of nitrogens with one attached hydrogen (secondary N) is 1. The second-order valence-electron chi connectivity index (χ2n) is 5.22. The number of aliphatic hydroxyl groups excluding tert-OH is 1. The highest BCUT2D eigenvalue weighted by Gasteiger charge is 2.15. The lowest BCUT2D eigenvalue weighted by Crippen LogP contribution is -2.40. The summed E-state index contributed by atoms with van der Waals surface area (Å²) in [6, 6.07) is 1.29. The van der Waals surface area contributed by atoms with Crippen LogP contribution in [-0.4, -0.2) is 45.5 Å². The second-order valence-corrected chi connectivity index (χ2v) is 5.22. The molecule has 19 heavy (non-hydrogen) atoms. The summed E-state index contributed by atoms with van der Waals surface area (Å²) >= 11 is 0. The predicted octanol–water partition coefficient (Wildman–Crippen LogP) is 1.77. The fourth-order valence-corrected chi connectivity index (χ4v) is 1.46. The van der Waals surface area contributed by atoms with Crippen LogP contribution in [0.2, 0.25) is 0 Å². The van der Waals surface area contributed by atoms with Crippen LogP contribution >= 0.6 is 0 Å². The topological polar surface area (TPSA) is 70.4 Å². The largest absolute Gasteiger partial charge is 0.394 e. The van der Waals surface area contributed by atoms with E-state index >= 15 is 0 Å². The Morgan fingerprint density at radius 1 is 1.53 bits per heavy atom. The zero-order valence-corrected chi connectivity index (χ0v) is 12.1. The van der Waals surface area contributed by atoms with Crippen LogP contribution in [0.15, 0.2) is 12.3 Å². The van der Waals surface area contributed by atoms with Gasteiger partial charge in [-0.1, -0.05) is 13.8 Å². The molecule has 1 aromatic rings. The Morgan fingerprint density at radius 2 is 2.21 bits per heavy atom. The second kappa shape index (κ2) is 7.13. The van der Waals surface area contributed by atoms with E-state index in [1.165, 1.54) is 4.90 Å². The lowest BCUT2D eigenvalue weighted by atomic mass is 10.1. The van der Waals surface area contributed by atoms with Gasteiger partial charge in [-0.15, -0.1) is 0 Å².